The Morgan fingerprint density at radius 1 is 0.895 bits per heavy atom. The van der Waals surface area contributed by atoms with Gasteiger partial charge >= 0.3 is 18.2 Å². The van der Waals surface area contributed by atoms with Gasteiger partial charge in [-0.1, -0.05) is 66.9 Å². The molecular weight excluding hydrogens is 767 g/mol. The first-order valence-electron chi connectivity index (χ1n) is 18.4. The SMILES string of the molecule is COC(=O)[C@H](CCC(=O)C(=O)NC1CCCCC1c1ccccc1)NC(=O)c1ccc(Nc2nc(NC3(c4ccc(Cl)cc4)CC3)nc(OCC(F)(F)F)n2)cc1. The summed E-state index contributed by atoms with van der Waals surface area (Å²) in [6.07, 6.45) is -0.114. The van der Waals surface area contributed by atoms with E-state index < -0.39 is 53.9 Å². The third-order valence-electron chi connectivity index (χ3n) is 9.90. The summed E-state index contributed by atoms with van der Waals surface area (Å²) in [5.41, 5.74) is 1.93. The monoisotopic (exact) mass is 807 g/mol. The van der Waals surface area contributed by atoms with Crippen LogP contribution in [0.1, 0.15) is 78.8 Å². The van der Waals surface area contributed by atoms with E-state index >= 15 is 0 Å². The summed E-state index contributed by atoms with van der Waals surface area (Å²) >= 11 is 6.04. The van der Waals surface area contributed by atoms with Gasteiger partial charge in [-0.2, -0.15) is 28.1 Å². The Balaban J connectivity index is 1.07. The number of methoxy groups -OCH3 is 1. The molecule has 0 aliphatic heterocycles. The Kier molecular flexibility index (Phi) is 12.9. The van der Waals surface area contributed by atoms with Gasteiger partial charge in [0.25, 0.3) is 11.8 Å². The van der Waals surface area contributed by atoms with Crippen molar-refractivity contribution in [2.75, 3.05) is 24.4 Å². The van der Waals surface area contributed by atoms with E-state index in [-0.39, 0.29) is 42.3 Å². The summed E-state index contributed by atoms with van der Waals surface area (Å²) in [7, 11) is 1.15. The predicted molar refractivity (Wildman–Crippen MR) is 204 cm³/mol. The quantitative estimate of drug-likeness (QED) is 0.0695. The Bertz CT molecular complexity index is 2050. The first kappa shape index (κ1) is 40.9. The van der Waals surface area contributed by atoms with Gasteiger partial charge in [0.1, 0.15) is 6.04 Å². The van der Waals surface area contributed by atoms with Gasteiger partial charge in [0.05, 0.1) is 12.6 Å². The molecule has 4 N–H and O–H groups in total. The van der Waals surface area contributed by atoms with Crippen molar-refractivity contribution in [2.24, 2.45) is 0 Å². The van der Waals surface area contributed by atoms with Crippen molar-refractivity contribution in [1.82, 2.24) is 25.6 Å². The number of carbonyl (C=O) groups is 4. The second-order valence-corrected chi connectivity index (χ2v) is 14.4. The normalized spacial score (nSPS) is 17.7. The highest BCUT2D eigenvalue weighted by atomic mass is 35.5. The molecule has 57 heavy (non-hydrogen) atoms. The zero-order chi connectivity index (χ0) is 40.6. The number of hydrogen-bond donors (Lipinski definition) is 4. The van der Waals surface area contributed by atoms with Gasteiger partial charge in [-0.25, -0.2) is 4.79 Å². The van der Waals surface area contributed by atoms with Crippen molar-refractivity contribution in [2.45, 2.75) is 81.1 Å². The maximum Gasteiger partial charge on any atom is 0.422 e. The number of esters is 1. The highest BCUT2D eigenvalue weighted by molar-refractivity contribution is 6.36. The number of Topliss-reactive ketones (excluding diaryl/α,β-unsaturated/α-hetero) is 1. The summed E-state index contributed by atoms with van der Waals surface area (Å²) in [5, 5.41) is 12.1. The van der Waals surface area contributed by atoms with E-state index in [1.807, 2.05) is 42.5 Å². The molecule has 2 amide bonds. The number of aromatic nitrogens is 3. The van der Waals surface area contributed by atoms with Crippen LogP contribution in [0.3, 0.4) is 0 Å². The number of rotatable bonds is 16. The van der Waals surface area contributed by atoms with E-state index in [0.29, 0.717) is 23.6 Å². The molecule has 17 heteroatoms. The summed E-state index contributed by atoms with van der Waals surface area (Å²) in [5.74, 6) is -2.98. The number of hydrogen-bond acceptors (Lipinski definition) is 11. The summed E-state index contributed by atoms with van der Waals surface area (Å²) in [4.78, 5) is 64.1. The Morgan fingerprint density at radius 3 is 2.25 bits per heavy atom. The molecule has 300 valence electrons. The lowest BCUT2D eigenvalue weighted by atomic mass is 9.80. The van der Waals surface area contributed by atoms with Crippen LogP contribution in [0.2, 0.25) is 5.02 Å². The fourth-order valence-electron chi connectivity index (χ4n) is 6.78. The maximum absolute atomic E-state index is 13.2. The van der Waals surface area contributed by atoms with E-state index in [1.165, 1.54) is 24.3 Å². The summed E-state index contributed by atoms with van der Waals surface area (Å²) < 4.78 is 48.7. The predicted octanol–water partition coefficient (Wildman–Crippen LogP) is 6.77. The highest BCUT2D eigenvalue weighted by Gasteiger charge is 2.45. The van der Waals surface area contributed by atoms with Crippen LogP contribution in [-0.2, 0) is 24.7 Å². The van der Waals surface area contributed by atoms with Gasteiger partial charge in [0, 0.05) is 34.7 Å². The second-order valence-electron chi connectivity index (χ2n) is 14.0. The van der Waals surface area contributed by atoms with Crippen LogP contribution in [0.15, 0.2) is 78.9 Å². The van der Waals surface area contributed by atoms with Crippen molar-refractivity contribution in [3.63, 3.8) is 0 Å². The lowest BCUT2D eigenvalue weighted by Gasteiger charge is -2.32. The molecule has 1 heterocycles. The van der Waals surface area contributed by atoms with Crippen LogP contribution in [0.4, 0.5) is 30.8 Å². The third-order valence-corrected chi connectivity index (χ3v) is 10.1. The first-order valence-corrected chi connectivity index (χ1v) is 18.8. The van der Waals surface area contributed by atoms with Crippen molar-refractivity contribution in [1.29, 1.82) is 0 Å². The van der Waals surface area contributed by atoms with Crippen LogP contribution < -0.4 is 26.0 Å². The fourth-order valence-corrected chi connectivity index (χ4v) is 6.91. The van der Waals surface area contributed by atoms with Gasteiger partial charge in [0.2, 0.25) is 17.7 Å². The number of amides is 2. The minimum Gasteiger partial charge on any atom is -0.467 e. The number of alkyl halides is 3. The third kappa shape index (κ3) is 11.2. The Morgan fingerprint density at radius 2 is 1.58 bits per heavy atom. The Hall–Kier alpha value is -5.77. The number of ether oxygens (including phenoxy) is 2. The molecule has 13 nitrogen and oxygen atoms in total. The van der Waals surface area contributed by atoms with E-state index in [9.17, 15) is 32.3 Å². The summed E-state index contributed by atoms with van der Waals surface area (Å²) in [6, 6.07) is 20.8. The molecule has 0 radical (unpaired) electrons. The van der Waals surface area contributed by atoms with Crippen molar-refractivity contribution >= 4 is 52.8 Å². The molecule has 0 bridgehead atoms. The van der Waals surface area contributed by atoms with E-state index in [4.69, 9.17) is 21.1 Å². The molecule has 1 aromatic heterocycles. The van der Waals surface area contributed by atoms with Crippen molar-refractivity contribution in [3.05, 3.63) is 101 Å². The lowest BCUT2D eigenvalue weighted by molar-refractivity contribution is -0.154. The van der Waals surface area contributed by atoms with E-state index in [0.717, 1.165) is 43.9 Å². The van der Waals surface area contributed by atoms with Gasteiger partial charge < -0.3 is 30.7 Å². The molecule has 2 aliphatic carbocycles. The molecule has 2 unspecified atom stereocenters. The highest BCUT2D eigenvalue weighted by Crippen LogP contribution is 2.48. The zero-order valence-corrected chi connectivity index (χ0v) is 31.7. The molecule has 0 saturated heterocycles. The van der Waals surface area contributed by atoms with Crippen LogP contribution in [-0.4, -0.2) is 70.5 Å². The van der Waals surface area contributed by atoms with Gasteiger partial charge in [0.15, 0.2) is 6.61 Å². The topological polar surface area (TPSA) is 174 Å². The number of nitrogens with one attached hydrogen (secondary N) is 4. The molecule has 4 aromatic rings. The molecule has 0 spiro atoms. The molecular formula is C40H41ClF3N7O6. The number of ketones is 1. The molecule has 3 aromatic carbocycles. The largest absolute Gasteiger partial charge is 0.467 e. The van der Waals surface area contributed by atoms with Crippen molar-refractivity contribution in [3.8, 4) is 6.01 Å². The van der Waals surface area contributed by atoms with Crippen LogP contribution in [0, 0.1) is 0 Å². The molecule has 2 saturated carbocycles. The lowest BCUT2D eigenvalue weighted by Crippen LogP contribution is -2.45. The molecule has 2 aliphatic rings. The minimum atomic E-state index is -4.64. The molecule has 3 atom stereocenters. The standard InChI is InChI=1S/C40H41ClF3N7O6/c1-56-35(55)31(19-20-32(52)34(54)46-30-10-6-5-9-29(30)24-7-3-2-4-8-24)47-33(53)25-11-17-28(18-12-25)45-36-48-37(50-38(49-36)57-23-40(42,43)44)51-39(21-22-39)26-13-15-27(41)16-14-26/h2-4,7-8,11-18,29-31H,5-6,9-10,19-23H2,1H3,(H,46,54)(H,47,53)(H2,45,48,49,50,51)/t29?,30?,31-/m0/s1. The number of carbonyl (C=O) groups excluding carboxylic acids is 4. The van der Waals surface area contributed by atoms with Crippen LogP contribution in [0.25, 0.3) is 0 Å². The first-order chi connectivity index (χ1) is 27.3. The average molecular weight is 808 g/mol. The summed E-state index contributed by atoms with van der Waals surface area (Å²) in [6.45, 7) is -1.62. The number of benzene rings is 3. The minimum absolute atomic E-state index is 0.0247. The van der Waals surface area contributed by atoms with Gasteiger partial charge in [-0.15, -0.1) is 0 Å². The number of halogens is 4. The van der Waals surface area contributed by atoms with Crippen LogP contribution in [0.5, 0.6) is 6.01 Å². The second kappa shape index (κ2) is 18.0. The van der Waals surface area contributed by atoms with E-state index in [2.05, 4.69) is 36.2 Å². The zero-order valence-electron chi connectivity index (χ0n) is 30.9. The van der Waals surface area contributed by atoms with Crippen LogP contribution >= 0.6 is 11.6 Å². The Labute approximate surface area is 331 Å². The fraction of sp³-hybridized carbons (Fsp3) is 0.375. The molecule has 6 rings (SSSR count). The van der Waals surface area contributed by atoms with Gasteiger partial charge in [-0.3, -0.25) is 14.4 Å². The van der Waals surface area contributed by atoms with Crippen molar-refractivity contribution < 1.29 is 41.8 Å². The molecule has 2 fully saturated rings. The average Bonchev–Trinajstić information content (AvgIpc) is 3.99. The van der Waals surface area contributed by atoms with Gasteiger partial charge in [-0.05, 0) is 79.6 Å². The maximum atomic E-state index is 13.2. The smallest absolute Gasteiger partial charge is 0.422 e. The number of nitrogens with zero attached hydrogens (tertiary/aromatic N) is 3. The number of anilines is 3. The van der Waals surface area contributed by atoms with E-state index in [1.54, 1.807) is 12.1 Å².